The fourth-order valence-corrected chi connectivity index (χ4v) is 4.26. The summed E-state index contributed by atoms with van der Waals surface area (Å²) in [6, 6.07) is 34.5. The standard InChI is InChI=1S/C24H17O2S/c25-27(26,23-15-11-21(12-16-23)19-7-3-1-4-8-19)24-17-13-22(14-18-24)20-9-5-2-6-10-20/h1,3-18H. The summed E-state index contributed by atoms with van der Waals surface area (Å²) in [6.45, 7) is 0. The second-order valence-electron chi connectivity index (χ2n) is 6.21. The predicted molar refractivity (Wildman–Crippen MR) is 108 cm³/mol. The lowest BCUT2D eigenvalue weighted by molar-refractivity contribution is 0.596. The van der Waals surface area contributed by atoms with Crippen LogP contribution in [0, 0.1) is 6.07 Å². The van der Waals surface area contributed by atoms with E-state index in [1.165, 1.54) is 0 Å². The van der Waals surface area contributed by atoms with Gasteiger partial charge in [-0.2, -0.15) is 0 Å². The molecular weight excluding hydrogens is 352 g/mol. The van der Waals surface area contributed by atoms with E-state index in [9.17, 15) is 8.42 Å². The third kappa shape index (κ3) is 3.55. The molecule has 0 aromatic heterocycles. The fourth-order valence-electron chi connectivity index (χ4n) is 3.00. The molecule has 0 amide bonds. The van der Waals surface area contributed by atoms with E-state index in [4.69, 9.17) is 0 Å². The minimum atomic E-state index is -3.54. The lowest BCUT2D eigenvalue weighted by Crippen LogP contribution is -2.01. The molecule has 0 heterocycles. The van der Waals surface area contributed by atoms with Crippen molar-refractivity contribution in [3.05, 3.63) is 109 Å². The Bertz CT molecular complexity index is 1040. The zero-order chi connectivity index (χ0) is 18.7. The van der Waals surface area contributed by atoms with Gasteiger partial charge in [0.15, 0.2) is 0 Å². The summed E-state index contributed by atoms with van der Waals surface area (Å²) in [5.74, 6) is 0. The Morgan fingerprint density at radius 3 is 1.37 bits per heavy atom. The lowest BCUT2D eigenvalue weighted by Gasteiger charge is -2.08. The monoisotopic (exact) mass is 369 g/mol. The van der Waals surface area contributed by atoms with Gasteiger partial charge in [0.05, 0.1) is 9.79 Å². The van der Waals surface area contributed by atoms with Crippen LogP contribution >= 0.6 is 0 Å². The van der Waals surface area contributed by atoms with Gasteiger partial charge in [0.1, 0.15) is 0 Å². The van der Waals surface area contributed by atoms with Crippen LogP contribution in [-0.4, -0.2) is 8.42 Å². The molecule has 0 saturated heterocycles. The first-order valence-electron chi connectivity index (χ1n) is 8.62. The summed E-state index contributed by atoms with van der Waals surface area (Å²) >= 11 is 0. The molecule has 0 bridgehead atoms. The van der Waals surface area contributed by atoms with Crippen molar-refractivity contribution in [2.45, 2.75) is 9.79 Å². The van der Waals surface area contributed by atoms with Gasteiger partial charge in [0.2, 0.25) is 9.84 Å². The van der Waals surface area contributed by atoms with E-state index in [-0.39, 0.29) is 0 Å². The Kier molecular flexibility index (Phi) is 4.61. The third-order valence-electron chi connectivity index (χ3n) is 4.49. The normalized spacial score (nSPS) is 11.3. The molecule has 131 valence electrons. The van der Waals surface area contributed by atoms with Crippen molar-refractivity contribution < 1.29 is 8.42 Å². The molecule has 0 unspecified atom stereocenters. The van der Waals surface area contributed by atoms with Crippen molar-refractivity contribution in [2.24, 2.45) is 0 Å². The zero-order valence-electron chi connectivity index (χ0n) is 14.5. The molecular formula is C24H17O2S. The van der Waals surface area contributed by atoms with Crippen molar-refractivity contribution in [1.82, 2.24) is 0 Å². The van der Waals surface area contributed by atoms with E-state index in [0.717, 1.165) is 22.3 Å². The van der Waals surface area contributed by atoms with Gasteiger partial charge < -0.3 is 0 Å². The van der Waals surface area contributed by atoms with E-state index >= 15 is 0 Å². The molecule has 4 aromatic rings. The zero-order valence-corrected chi connectivity index (χ0v) is 15.4. The highest BCUT2D eigenvalue weighted by Gasteiger charge is 2.17. The smallest absolute Gasteiger partial charge is 0.206 e. The van der Waals surface area contributed by atoms with Crippen LogP contribution in [0.3, 0.4) is 0 Å². The van der Waals surface area contributed by atoms with Gasteiger partial charge >= 0.3 is 0 Å². The van der Waals surface area contributed by atoms with Crippen molar-refractivity contribution in [2.75, 3.05) is 0 Å². The van der Waals surface area contributed by atoms with E-state index in [0.29, 0.717) is 9.79 Å². The summed E-state index contributed by atoms with van der Waals surface area (Å²) in [7, 11) is -3.54. The second kappa shape index (κ2) is 7.22. The molecule has 0 spiro atoms. The van der Waals surface area contributed by atoms with Crippen molar-refractivity contribution in [1.29, 1.82) is 0 Å². The van der Waals surface area contributed by atoms with Crippen LogP contribution in [0.1, 0.15) is 0 Å². The van der Waals surface area contributed by atoms with Gasteiger partial charge in [-0.15, -0.1) is 0 Å². The van der Waals surface area contributed by atoms with E-state index in [1.54, 1.807) is 24.3 Å². The second-order valence-corrected chi connectivity index (χ2v) is 8.16. The van der Waals surface area contributed by atoms with Crippen LogP contribution in [0.4, 0.5) is 0 Å². The van der Waals surface area contributed by atoms with Gasteiger partial charge in [0.25, 0.3) is 0 Å². The minimum Gasteiger partial charge on any atom is -0.219 e. The number of rotatable bonds is 4. The van der Waals surface area contributed by atoms with Crippen LogP contribution in [0.2, 0.25) is 0 Å². The molecule has 1 radical (unpaired) electrons. The number of hydrogen-bond acceptors (Lipinski definition) is 2. The third-order valence-corrected chi connectivity index (χ3v) is 6.27. The van der Waals surface area contributed by atoms with Crippen molar-refractivity contribution in [3.8, 4) is 22.3 Å². The molecule has 0 atom stereocenters. The topological polar surface area (TPSA) is 34.1 Å². The molecule has 2 nitrogen and oxygen atoms in total. The fraction of sp³-hybridized carbons (Fsp3) is 0. The SMILES string of the molecule is O=S(=O)(c1ccc(-c2cc[c]cc2)cc1)c1ccc(-c2ccccc2)cc1. The van der Waals surface area contributed by atoms with Crippen molar-refractivity contribution >= 4 is 9.84 Å². The van der Waals surface area contributed by atoms with E-state index in [2.05, 4.69) is 6.07 Å². The molecule has 0 saturated carbocycles. The molecule has 27 heavy (non-hydrogen) atoms. The Morgan fingerprint density at radius 1 is 0.481 bits per heavy atom. The Morgan fingerprint density at radius 2 is 0.889 bits per heavy atom. The van der Waals surface area contributed by atoms with Gasteiger partial charge in [-0.3, -0.25) is 0 Å². The van der Waals surface area contributed by atoms with Gasteiger partial charge in [0, 0.05) is 0 Å². The molecule has 0 aliphatic heterocycles. The highest BCUT2D eigenvalue weighted by molar-refractivity contribution is 7.91. The Hall–Kier alpha value is -3.17. The first-order valence-corrected chi connectivity index (χ1v) is 10.1. The van der Waals surface area contributed by atoms with Crippen LogP contribution in [0.25, 0.3) is 22.3 Å². The van der Waals surface area contributed by atoms with Gasteiger partial charge in [-0.05, 0) is 52.6 Å². The maximum Gasteiger partial charge on any atom is 0.206 e. The average molecular weight is 369 g/mol. The van der Waals surface area contributed by atoms with Crippen molar-refractivity contribution in [3.63, 3.8) is 0 Å². The molecule has 3 heteroatoms. The largest absolute Gasteiger partial charge is 0.219 e. The number of hydrogen-bond donors (Lipinski definition) is 0. The molecule has 0 N–H and O–H groups in total. The average Bonchev–Trinajstić information content (AvgIpc) is 2.75. The predicted octanol–water partition coefficient (Wildman–Crippen LogP) is 5.65. The van der Waals surface area contributed by atoms with Gasteiger partial charge in [-0.25, -0.2) is 8.42 Å². The molecule has 4 aromatic carbocycles. The molecule has 0 aliphatic rings. The molecule has 0 fully saturated rings. The number of sulfone groups is 1. The summed E-state index contributed by atoms with van der Waals surface area (Å²) < 4.78 is 25.8. The quantitative estimate of drug-likeness (QED) is 0.465. The summed E-state index contributed by atoms with van der Waals surface area (Å²) in [4.78, 5) is 0.588. The van der Waals surface area contributed by atoms with Crippen LogP contribution < -0.4 is 0 Å². The van der Waals surface area contributed by atoms with Crippen LogP contribution in [0.5, 0.6) is 0 Å². The Labute approximate surface area is 159 Å². The highest BCUT2D eigenvalue weighted by Crippen LogP contribution is 2.27. The minimum absolute atomic E-state index is 0.293. The summed E-state index contributed by atoms with van der Waals surface area (Å²) in [5.41, 5.74) is 4.06. The van der Waals surface area contributed by atoms with Gasteiger partial charge in [-0.1, -0.05) is 78.9 Å². The summed E-state index contributed by atoms with van der Waals surface area (Å²) in [6.07, 6.45) is 0. The van der Waals surface area contributed by atoms with Crippen LogP contribution in [-0.2, 0) is 9.84 Å². The lowest BCUT2D eigenvalue weighted by atomic mass is 10.1. The van der Waals surface area contributed by atoms with Crippen LogP contribution in [0.15, 0.2) is 113 Å². The highest BCUT2D eigenvalue weighted by atomic mass is 32.2. The van der Waals surface area contributed by atoms with E-state index in [1.807, 2.05) is 78.9 Å². The molecule has 0 aliphatic carbocycles. The Balaban J connectivity index is 1.63. The first kappa shape index (κ1) is 17.3. The summed E-state index contributed by atoms with van der Waals surface area (Å²) in [5, 5.41) is 0. The molecule has 4 rings (SSSR count). The maximum absolute atomic E-state index is 12.9. The maximum atomic E-state index is 12.9. The van der Waals surface area contributed by atoms with E-state index < -0.39 is 9.84 Å². The first-order chi connectivity index (χ1) is 13.1. The number of benzene rings is 4.